The number of phosphoric ester groups is 1. The first-order chi connectivity index (χ1) is 23.0. The topological polar surface area (TPSA) is 105 Å². The maximum absolute atomic E-state index is 12.8. The number of hydrogen-bond acceptors (Lipinski definition) is 5. The lowest BCUT2D eigenvalue weighted by atomic mass is 10.0. The zero-order valence-corrected chi connectivity index (χ0v) is 32.6. The minimum absolute atomic E-state index is 0.0540. The first kappa shape index (κ1) is 46.7. The summed E-state index contributed by atoms with van der Waals surface area (Å²) >= 11 is 0. The molecule has 0 rings (SSSR count). The van der Waals surface area contributed by atoms with Crippen molar-refractivity contribution in [2.75, 3.05) is 40.9 Å². The van der Waals surface area contributed by atoms with Crippen molar-refractivity contribution < 1.29 is 32.9 Å². The fraction of sp³-hybridized carbons (Fsp3) is 0.821. The van der Waals surface area contributed by atoms with Crippen LogP contribution in [0.1, 0.15) is 155 Å². The molecule has 3 N–H and O–H groups in total. The number of aliphatic hydroxyl groups excluding tert-OH is 1. The van der Waals surface area contributed by atoms with Gasteiger partial charge in [0, 0.05) is 6.42 Å². The van der Waals surface area contributed by atoms with E-state index >= 15 is 0 Å². The predicted octanol–water partition coefficient (Wildman–Crippen LogP) is 9.96. The molecule has 0 spiro atoms. The quantitative estimate of drug-likeness (QED) is 0.0267. The molecule has 0 saturated heterocycles. The van der Waals surface area contributed by atoms with Gasteiger partial charge in [-0.1, -0.05) is 147 Å². The van der Waals surface area contributed by atoms with E-state index < -0.39 is 20.0 Å². The summed E-state index contributed by atoms with van der Waals surface area (Å²) in [5.41, 5.74) is 0. The lowest BCUT2D eigenvalue weighted by molar-refractivity contribution is -0.870. The number of likely N-dealkylation sites (N-methyl/N-ethyl adjacent to an activating group) is 1. The number of carbonyl (C=O) groups is 1. The van der Waals surface area contributed by atoms with Crippen molar-refractivity contribution in [1.82, 2.24) is 5.32 Å². The van der Waals surface area contributed by atoms with Crippen molar-refractivity contribution in [3.63, 3.8) is 0 Å². The largest absolute Gasteiger partial charge is 0.472 e. The van der Waals surface area contributed by atoms with Gasteiger partial charge in [-0.15, -0.1) is 0 Å². The lowest BCUT2D eigenvalue weighted by Gasteiger charge is -2.25. The van der Waals surface area contributed by atoms with E-state index in [0.29, 0.717) is 17.4 Å². The van der Waals surface area contributed by atoms with Crippen molar-refractivity contribution in [3.8, 4) is 0 Å². The Bertz CT molecular complexity index is 886. The van der Waals surface area contributed by atoms with E-state index in [1.54, 1.807) is 6.08 Å². The van der Waals surface area contributed by atoms with E-state index in [-0.39, 0.29) is 19.1 Å². The predicted molar refractivity (Wildman–Crippen MR) is 203 cm³/mol. The van der Waals surface area contributed by atoms with Gasteiger partial charge in [0.25, 0.3) is 0 Å². The molecule has 3 unspecified atom stereocenters. The second kappa shape index (κ2) is 31.7. The van der Waals surface area contributed by atoms with Crippen molar-refractivity contribution in [1.29, 1.82) is 0 Å². The third-order valence-electron chi connectivity index (χ3n) is 8.35. The normalized spacial score (nSPS) is 15.1. The van der Waals surface area contributed by atoms with Gasteiger partial charge >= 0.3 is 7.82 Å². The van der Waals surface area contributed by atoms with Gasteiger partial charge in [-0.25, -0.2) is 4.57 Å². The van der Waals surface area contributed by atoms with E-state index in [0.717, 1.165) is 51.4 Å². The average molecular weight is 700 g/mol. The summed E-state index contributed by atoms with van der Waals surface area (Å²) in [6.45, 7) is 4.64. The number of rotatable bonds is 34. The number of carbonyl (C=O) groups excluding carboxylic acids is 1. The molecule has 0 saturated carbocycles. The zero-order valence-electron chi connectivity index (χ0n) is 31.7. The zero-order chi connectivity index (χ0) is 35.8. The Labute approximate surface area is 296 Å². The highest BCUT2D eigenvalue weighted by Gasteiger charge is 2.27. The Hall–Kier alpha value is -1.28. The number of aliphatic hydroxyl groups is 1. The van der Waals surface area contributed by atoms with Gasteiger partial charge in [0.2, 0.25) is 5.91 Å². The first-order valence-electron chi connectivity index (χ1n) is 19.4. The standard InChI is InChI=1S/C39H75N2O6P/c1-6-8-10-12-14-16-18-19-20-21-22-23-25-27-29-31-33-39(43)40-37(36-47-48(44,45)46-35-34-41(3,4)5)38(42)32-30-28-26-24-17-15-13-11-9-7-2/h9,11,17,24,30,32,37-38,42H,6-8,10,12-16,18-23,25-29,31,33-36H2,1-5H3,(H-,40,43,44,45)/p+1/b11-9+,24-17+,32-30+. The Balaban J connectivity index is 4.48. The molecule has 282 valence electrons. The number of unbranched alkanes of at least 4 members (excludes halogenated alkanes) is 17. The Morgan fingerprint density at radius 2 is 1.17 bits per heavy atom. The van der Waals surface area contributed by atoms with Gasteiger partial charge in [-0.2, -0.15) is 0 Å². The van der Waals surface area contributed by atoms with Crippen molar-refractivity contribution in [2.24, 2.45) is 0 Å². The minimum atomic E-state index is -4.34. The van der Waals surface area contributed by atoms with Crippen molar-refractivity contribution in [2.45, 2.75) is 167 Å². The van der Waals surface area contributed by atoms with Crippen LogP contribution in [0.25, 0.3) is 0 Å². The SMILES string of the molecule is CC/C=C/CC/C=C/CC/C=C/C(O)C(COP(=O)(O)OCC[N+](C)(C)C)NC(=O)CCCCCCCCCCCCCCCCCC. The molecule has 3 atom stereocenters. The number of allylic oxidation sites excluding steroid dienone is 5. The Kier molecular flexibility index (Phi) is 30.8. The summed E-state index contributed by atoms with van der Waals surface area (Å²) in [7, 11) is 1.54. The lowest BCUT2D eigenvalue weighted by Crippen LogP contribution is -2.45. The maximum atomic E-state index is 12.8. The van der Waals surface area contributed by atoms with E-state index in [1.807, 2.05) is 27.2 Å². The van der Waals surface area contributed by atoms with Crippen LogP contribution in [-0.2, 0) is 18.4 Å². The number of nitrogens with one attached hydrogen (secondary N) is 1. The molecule has 9 heteroatoms. The Morgan fingerprint density at radius 3 is 1.65 bits per heavy atom. The molecular formula is C39H76N2O6P+. The molecule has 0 aliphatic rings. The number of nitrogens with zero attached hydrogens (tertiary/aromatic N) is 1. The molecule has 0 fully saturated rings. The Morgan fingerprint density at radius 1 is 0.708 bits per heavy atom. The second-order valence-corrected chi connectivity index (χ2v) is 15.7. The van der Waals surface area contributed by atoms with Gasteiger partial charge in [-0.3, -0.25) is 13.8 Å². The summed E-state index contributed by atoms with van der Waals surface area (Å²) in [6, 6.07) is -0.863. The summed E-state index contributed by atoms with van der Waals surface area (Å²) < 4.78 is 23.4. The van der Waals surface area contributed by atoms with Crippen LogP contribution in [0.5, 0.6) is 0 Å². The molecule has 0 heterocycles. The van der Waals surface area contributed by atoms with Gasteiger partial charge in [-0.05, 0) is 38.5 Å². The number of phosphoric acid groups is 1. The number of hydrogen-bond donors (Lipinski definition) is 3. The molecule has 0 bridgehead atoms. The van der Waals surface area contributed by atoms with Crippen LogP contribution in [-0.4, -0.2) is 73.4 Å². The van der Waals surface area contributed by atoms with Crippen LogP contribution in [0.4, 0.5) is 0 Å². The highest BCUT2D eigenvalue weighted by atomic mass is 31.2. The highest BCUT2D eigenvalue weighted by Crippen LogP contribution is 2.43. The van der Waals surface area contributed by atoms with Gasteiger partial charge < -0.3 is 19.8 Å². The van der Waals surface area contributed by atoms with Crippen molar-refractivity contribution in [3.05, 3.63) is 36.5 Å². The molecule has 0 aromatic rings. The molecule has 0 aromatic carbocycles. The van der Waals surface area contributed by atoms with E-state index in [2.05, 4.69) is 43.5 Å². The van der Waals surface area contributed by atoms with Crippen LogP contribution < -0.4 is 5.32 Å². The molecule has 0 aromatic heterocycles. The molecule has 0 radical (unpaired) electrons. The van der Waals surface area contributed by atoms with Crippen LogP contribution in [0.3, 0.4) is 0 Å². The molecule has 0 aliphatic carbocycles. The monoisotopic (exact) mass is 700 g/mol. The summed E-state index contributed by atoms with van der Waals surface area (Å²) in [5, 5.41) is 13.7. The third-order valence-corrected chi connectivity index (χ3v) is 9.34. The second-order valence-electron chi connectivity index (χ2n) is 14.3. The van der Waals surface area contributed by atoms with Gasteiger partial charge in [0.05, 0.1) is 39.9 Å². The van der Waals surface area contributed by atoms with Crippen LogP contribution in [0.15, 0.2) is 36.5 Å². The summed E-state index contributed by atoms with van der Waals surface area (Å²) in [6.07, 6.45) is 36.5. The number of quaternary nitrogens is 1. The van der Waals surface area contributed by atoms with E-state index in [4.69, 9.17) is 9.05 Å². The first-order valence-corrected chi connectivity index (χ1v) is 20.9. The fourth-order valence-electron chi connectivity index (χ4n) is 5.25. The fourth-order valence-corrected chi connectivity index (χ4v) is 5.99. The minimum Gasteiger partial charge on any atom is -0.387 e. The molecule has 48 heavy (non-hydrogen) atoms. The van der Waals surface area contributed by atoms with Crippen LogP contribution >= 0.6 is 7.82 Å². The molecule has 8 nitrogen and oxygen atoms in total. The highest BCUT2D eigenvalue weighted by molar-refractivity contribution is 7.47. The van der Waals surface area contributed by atoms with E-state index in [1.165, 1.54) is 83.5 Å². The average Bonchev–Trinajstić information content (AvgIpc) is 3.02. The molecular weight excluding hydrogens is 623 g/mol. The number of amides is 1. The van der Waals surface area contributed by atoms with Gasteiger partial charge in [0.15, 0.2) is 0 Å². The van der Waals surface area contributed by atoms with E-state index in [9.17, 15) is 19.4 Å². The third kappa shape index (κ3) is 33.2. The summed E-state index contributed by atoms with van der Waals surface area (Å²) in [5.74, 6) is -0.194. The molecule has 0 aliphatic heterocycles. The van der Waals surface area contributed by atoms with Crippen molar-refractivity contribution >= 4 is 13.7 Å². The van der Waals surface area contributed by atoms with Crippen LogP contribution in [0.2, 0.25) is 0 Å². The molecule has 1 amide bonds. The summed E-state index contributed by atoms with van der Waals surface area (Å²) in [4.78, 5) is 23.0. The maximum Gasteiger partial charge on any atom is 0.472 e. The van der Waals surface area contributed by atoms with Crippen LogP contribution in [0, 0.1) is 0 Å². The smallest absolute Gasteiger partial charge is 0.387 e. The van der Waals surface area contributed by atoms with Gasteiger partial charge in [0.1, 0.15) is 13.2 Å².